The average Bonchev–Trinajstić information content (AvgIpc) is 2.44. The fourth-order valence-electron chi connectivity index (χ4n) is 1.88. The molecule has 0 aromatic rings. The number of hydrogen-bond acceptors (Lipinski definition) is 3. The van der Waals surface area contributed by atoms with Crippen LogP contribution in [0.4, 0.5) is 0 Å². The molecule has 1 aliphatic heterocycles. The zero-order valence-electron chi connectivity index (χ0n) is 8.77. The minimum Gasteiger partial charge on any atom is -0.330 e. The third kappa shape index (κ3) is 1.86. The van der Waals surface area contributed by atoms with Gasteiger partial charge in [-0.05, 0) is 20.3 Å². The Labute approximate surface area is 83.2 Å². The largest absolute Gasteiger partial charge is 0.330 e. The van der Waals surface area contributed by atoms with Gasteiger partial charge in [-0.25, -0.2) is 0 Å². The molecule has 0 aliphatic carbocycles. The maximum absolute atomic E-state index is 11.5. The van der Waals surface area contributed by atoms with E-state index in [4.69, 9.17) is 0 Å². The molecule has 0 aromatic heterocycles. The Bertz CT molecular complexity index is 254. The van der Waals surface area contributed by atoms with Crippen molar-refractivity contribution in [2.45, 2.75) is 51.7 Å². The third-order valence-corrected chi connectivity index (χ3v) is 3.01. The number of nitrogens with zero attached hydrogens (tertiary/aromatic N) is 2. The summed E-state index contributed by atoms with van der Waals surface area (Å²) in [5.74, 6) is 0.0405. The second kappa shape index (κ2) is 3.94. The van der Waals surface area contributed by atoms with E-state index in [2.05, 4.69) is 0 Å². The van der Waals surface area contributed by atoms with Crippen molar-refractivity contribution in [3.63, 3.8) is 0 Å². The summed E-state index contributed by atoms with van der Waals surface area (Å²) >= 11 is 0. The lowest BCUT2D eigenvalue weighted by Gasteiger charge is -2.29. The van der Waals surface area contributed by atoms with Crippen molar-refractivity contribution in [2.24, 2.45) is 0 Å². The Kier molecular flexibility index (Phi) is 3.08. The fraction of sp³-hybridized carbons (Fsp3) is 0.889. The quantitative estimate of drug-likeness (QED) is 0.505. The number of likely N-dealkylation sites (tertiary alicyclic amines) is 1. The van der Waals surface area contributed by atoms with E-state index < -0.39 is 6.04 Å². The van der Waals surface area contributed by atoms with Gasteiger partial charge in [-0.3, -0.25) is 14.9 Å². The van der Waals surface area contributed by atoms with Gasteiger partial charge in [-0.1, -0.05) is 0 Å². The van der Waals surface area contributed by atoms with Gasteiger partial charge in [0.25, 0.3) is 0 Å². The predicted octanol–water partition coefficient (Wildman–Crippen LogP) is 1.05. The zero-order chi connectivity index (χ0) is 10.9. The minimum absolute atomic E-state index is 0.0405. The van der Waals surface area contributed by atoms with Crippen LogP contribution in [0.15, 0.2) is 0 Å². The smallest absolute Gasteiger partial charge is 0.230 e. The summed E-state index contributed by atoms with van der Waals surface area (Å²) in [5, 5.41) is 10.6. The molecule has 0 unspecified atom stereocenters. The van der Waals surface area contributed by atoms with Crippen molar-refractivity contribution in [3.05, 3.63) is 10.1 Å². The number of amides is 1. The first-order chi connectivity index (χ1) is 6.45. The molecule has 3 atom stereocenters. The molecule has 0 N–H and O–H groups in total. The molecule has 1 fully saturated rings. The van der Waals surface area contributed by atoms with Crippen LogP contribution in [-0.4, -0.2) is 33.9 Å². The highest BCUT2D eigenvalue weighted by Gasteiger charge is 2.37. The SMILES string of the molecule is C[C@H]([C@H](C)N1C(=O)CC[C@@H]1C)[N+](=O)[O-]. The van der Waals surface area contributed by atoms with Crippen molar-refractivity contribution < 1.29 is 9.72 Å². The summed E-state index contributed by atoms with van der Waals surface area (Å²) in [6, 6.07) is -0.866. The lowest BCUT2D eigenvalue weighted by atomic mass is 10.1. The summed E-state index contributed by atoms with van der Waals surface area (Å²) in [7, 11) is 0. The van der Waals surface area contributed by atoms with E-state index in [1.165, 1.54) is 0 Å². The number of rotatable bonds is 3. The van der Waals surface area contributed by atoms with Crippen LogP contribution in [0.5, 0.6) is 0 Å². The lowest BCUT2D eigenvalue weighted by Crippen LogP contribution is -2.47. The molecule has 1 aliphatic rings. The van der Waals surface area contributed by atoms with E-state index in [9.17, 15) is 14.9 Å². The summed E-state index contributed by atoms with van der Waals surface area (Å²) in [4.78, 5) is 23.4. The molecule has 0 spiro atoms. The van der Waals surface area contributed by atoms with Crippen LogP contribution in [0.1, 0.15) is 33.6 Å². The van der Waals surface area contributed by atoms with E-state index in [1.54, 1.807) is 18.7 Å². The van der Waals surface area contributed by atoms with Gasteiger partial charge in [0.2, 0.25) is 11.9 Å². The standard InChI is InChI=1S/C9H16N2O3/c1-6-4-5-9(12)10(6)7(2)8(3)11(13)14/h6-8H,4-5H2,1-3H3/t6-,7-,8+/m0/s1. The van der Waals surface area contributed by atoms with E-state index in [0.717, 1.165) is 6.42 Å². The molecular weight excluding hydrogens is 184 g/mol. The van der Waals surface area contributed by atoms with E-state index in [-0.39, 0.29) is 22.9 Å². The second-order valence-corrected chi connectivity index (χ2v) is 3.96. The number of hydrogen-bond donors (Lipinski definition) is 0. The number of carbonyl (C=O) groups excluding carboxylic acids is 1. The van der Waals surface area contributed by atoms with Crippen LogP contribution >= 0.6 is 0 Å². The van der Waals surface area contributed by atoms with Gasteiger partial charge in [-0.2, -0.15) is 0 Å². The molecule has 80 valence electrons. The van der Waals surface area contributed by atoms with Crippen molar-refractivity contribution in [1.29, 1.82) is 0 Å². The maximum Gasteiger partial charge on any atom is 0.230 e. The Balaban J connectivity index is 2.72. The second-order valence-electron chi connectivity index (χ2n) is 3.96. The Hall–Kier alpha value is -1.13. The van der Waals surface area contributed by atoms with Crippen LogP contribution in [-0.2, 0) is 4.79 Å². The van der Waals surface area contributed by atoms with Crippen molar-refractivity contribution in [2.75, 3.05) is 0 Å². The molecule has 1 rings (SSSR count). The van der Waals surface area contributed by atoms with Crippen molar-refractivity contribution >= 4 is 5.91 Å². The van der Waals surface area contributed by atoms with Gasteiger partial charge in [0.15, 0.2) is 0 Å². The molecule has 0 bridgehead atoms. The van der Waals surface area contributed by atoms with Gasteiger partial charge in [-0.15, -0.1) is 0 Å². The minimum atomic E-state index is -0.695. The van der Waals surface area contributed by atoms with Gasteiger partial charge in [0.1, 0.15) is 0 Å². The molecule has 1 amide bonds. The molecule has 0 aromatic carbocycles. The zero-order valence-corrected chi connectivity index (χ0v) is 8.77. The van der Waals surface area contributed by atoms with Crippen LogP contribution in [0.3, 0.4) is 0 Å². The molecule has 14 heavy (non-hydrogen) atoms. The number of nitro groups is 1. The highest BCUT2D eigenvalue weighted by Crippen LogP contribution is 2.22. The summed E-state index contributed by atoms with van der Waals surface area (Å²) in [6.45, 7) is 5.23. The first-order valence-electron chi connectivity index (χ1n) is 4.89. The van der Waals surface area contributed by atoms with Gasteiger partial charge >= 0.3 is 0 Å². The van der Waals surface area contributed by atoms with Gasteiger partial charge < -0.3 is 4.90 Å². The predicted molar refractivity (Wildman–Crippen MR) is 51.5 cm³/mol. The monoisotopic (exact) mass is 200 g/mol. The third-order valence-electron chi connectivity index (χ3n) is 3.01. The molecule has 1 saturated heterocycles. The van der Waals surface area contributed by atoms with Crippen LogP contribution in [0.25, 0.3) is 0 Å². The first-order valence-corrected chi connectivity index (χ1v) is 4.89. The normalized spacial score (nSPS) is 26.4. The van der Waals surface area contributed by atoms with Gasteiger partial charge in [0, 0.05) is 24.3 Å². The fourth-order valence-corrected chi connectivity index (χ4v) is 1.88. The Morgan fingerprint density at radius 2 is 2.14 bits per heavy atom. The topological polar surface area (TPSA) is 63.5 Å². The van der Waals surface area contributed by atoms with Gasteiger partial charge in [0.05, 0.1) is 6.04 Å². The number of carbonyl (C=O) groups is 1. The van der Waals surface area contributed by atoms with E-state index in [1.807, 2.05) is 6.92 Å². The summed E-state index contributed by atoms with van der Waals surface area (Å²) < 4.78 is 0. The first kappa shape index (κ1) is 10.9. The molecule has 0 saturated carbocycles. The van der Waals surface area contributed by atoms with E-state index in [0.29, 0.717) is 6.42 Å². The van der Waals surface area contributed by atoms with Crippen molar-refractivity contribution in [3.8, 4) is 0 Å². The molecule has 5 heteroatoms. The molecule has 5 nitrogen and oxygen atoms in total. The Morgan fingerprint density at radius 3 is 2.50 bits per heavy atom. The lowest BCUT2D eigenvalue weighted by molar-refractivity contribution is -0.524. The Morgan fingerprint density at radius 1 is 1.57 bits per heavy atom. The molecule has 1 heterocycles. The summed E-state index contributed by atoms with van der Waals surface area (Å²) in [6.07, 6.45) is 1.34. The molecular formula is C9H16N2O3. The van der Waals surface area contributed by atoms with Crippen molar-refractivity contribution in [1.82, 2.24) is 4.90 Å². The highest BCUT2D eigenvalue weighted by molar-refractivity contribution is 5.79. The molecule has 0 radical (unpaired) electrons. The van der Waals surface area contributed by atoms with Crippen LogP contribution < -0.4 is 0 Å². The average molecular weight is 200 g/mol. The summed E-state index contributed by atoms with van der Waals surface area (Å²) in [5.41, 5.74) is 0. The highest BCUT2D eigenvalue weighted by atomic mass is 16.6. The van der Waals surface area contributed by atoms with E-state index >= 15 is 0 Å². The van der Waals surface area contributed by atoms with Crippen LogP contribution in [0, 0.1) is 10.1 Å². The maximum atomic E-state index is 11.5. The van der Waals surface area contributed by atoms with Crippen LogP contribution in [0.2, 0.25) is 0 Å².